The van der Waals surface area contributed by atoms with Gasteiger partial charge in [-0.25, -0.2) is 0 Å². The molecule has 6 heteroatoms. The molecule has 1 aliphatic heterocycles. The van der Waals surface area contributed by atoms with Gasteiger partial charge in [-0.15, -0.1) is 0 Å². The summed E-state index contributed by atoms with van der Waals surface area (Å²) < 4.78 is 7.83. The number of aromatic nitrogens is 3. The smallest absolute Gasteiger partial charge is 0.272 e. The zero-order valence-electron chi connectivity index (χ0n) is 13.6. The predicted octanol–water partition coefficient (Wildman–Crippen LogP) is 2.34. The van der Waals surface area contributed by atoms with Gasteiger partial charge < -0.3 is 10.1 Å². The number of ether oxygens (including phenoxy) is 1. The van der Waals surface area contributed by atoms with Gasteiger partial charge in [0.2, 0.25) is 0 Å². The number of nitrogens with one attached hydrogen (secondary N) is 1. The van der Waals surface area contributed by atoms with Crippen molar-refractivity contribution in [3.63, 3.8) is 0 Å². The predicted molar refractivity (Wildman–Crippen MR) is 88.9 cm³/mol. The van der Waals surface area contributed by atoms with E-state index >= 15 is 0 Å². The molecule has 0 bridgehead atoms. The number of pyridine rings is 1. The van der Waals surface area contributed by atoms with E-state index in [0.29, 0.717) is 18.3 Å². The third-order valence-corrected chi connectivity index (χ3v) is 4.80. The Bertz CT molecular complexity index is 684. The summed E-state index contributed by atoms with van der Waals surface area (Å²) in [5, 5.41) is 7.58. The standard InChI is InChI=1S/C18H22N4O2/c23-18(20-13-4-2-1-3-5-13)17-11-14-10-16(12-22(14)21-17)24-15-6-8-19-9-7-15/h6-9,11,13,16H,1-5,10,12H2,(H,20,23)/t16-/m0/s1. The topological polar surface area (TPSA) is 69.0 Å². The minimum atomic E-state index is -0.0459. The molecule has 2 aromatic rings. The lowest BCUT2D eigenvalue weighted by atomic mass is 9.95. The zero-order valence-corrected chi connectivity index (χ0v) is 13.6. The van der Waals surface area contributed by atoms with Crippen molar-refractivity contribution in [1.29, 1.82) is 0 Å². The lowest BCUT2D eigenvalue weighted by Crippen LogP contribution is -2.36. The van der Waals surface area contributed by atoms with Crippen LogP contribution in [0.4, 0.5) is 0 Å². The van der Waals surface area contributed by atoms with Crippen molar-refractivity contribution in [3.05, 3.63) is 42.0 Å². The molecular weight excluding hydrogens is 304 g/mol. The SMILES string of the molecule is O=C(NC1CCCCC1)c1cc2n(n1)C[C@@H](Oc1ccncc1)C2. The van der Waals surface area contributed by atoms with E-state index in [1.54, 1.807) is 12.4 Å². The Morgan fingerprint density at radius 3 is 2.75 bits per heavy atom. The summed E-state index contributed by atoms with van der Waals surface area (Å²) >= 11 is 0. The number of hydrogen-bond acceptors (Lipinski definition) is 4. The maximum atomic E-state index is 12.4. The first kappa shape index (κ1) is 15.2. The van der Waals surface area contributed by atoms with Gasteiger partial charge in [-0.2, -0.15) is 5.10 Å². The highest BCUT2D eigenvalue weighted by atomic mass is 16.5. The largest absolute Gasteiger partial charge is 0.488 e. The Kier molecular flexibility index (Phi) is 4.19. The van der Waals surface area contributed by atoms with Crippen LogP contribution in [0, 0.1) is 0 Å². The minimum absolute atomic E-state index is 0.0459. The minimum Gasteiger partial charge on any atom is -0.488 e. The molecule has 0 radical (unpaired) electrons. The van der Waals surface area contributed by atoms with E-state index in [1.165, 1.54) is 19.3 Å². The van der Waals surface area contributed by atoms with Crippen molar-refractivity contribution in [3.8, 4) is 5.75 Å². The van der Waals surface area contributed by atoms with E-state index < -0.39 is 0 Å². The van der Waals surface area contributed by atoms with Crippen molar-refractivity contribution < 1.29 is 9.53 Å². The average molecular weight is 326 g/mol. The summed E-state index contributed by atoms with van der Waals surface area (Å²) in [4.78, 5) is 16.4. The van der Waals surface area contributed by atoms with Crippen LogP contribution in [-0.2, 0) is 13.0 Å². The highest BCUT2D eigenvalue weighted by Crippen LogP contribution is 2.22. The summed E-state index contributed by atoms with van der Waals surface area (Å²) in [6.07, 6.45) is 10.1. The van der Waals surface area contributed by atoms with Gasteiger partial charge in [-0.1, -0.05) is 19.3 Å². The number of fused-ring (bicyclic) bond motifs is 1. The van der Waals surface area contributed by atoms with E-state index in [0.717, 1.165) is 30.7 Å². The van der Waals surface area contributed by atoms with Gasteiger partial charge >= 0.3 is 0 Å². The maximum Gasteiger partial charge on any atom is 0.272 e. The normalized spacial score (nSPS) is 20.6. The van der Waals surface area contributed by atoms with Crippen LogP contribution < -0.4 is 10.1 Å². The van der Waals surface area contributed by atoms with E-state index in [2.05, 4.69) is 15.4 Å². The van der Waals surface area contributed by atoms with Gasteiger partial charge in [0, 0.05) is 30.6 Å². The van der Waals surface area contributed by atoms with Crippen LogP contribution in [0.2, 0.25) is 0 Å². The van der Waals surface area contributed by atoms with E-state index in [1.807, 2.05) is 22.9 Å². The number of rotatable bonds is 4. The fourth-order valence-electron chi connectivity index (χ4n) is 3.57. The molecule has 4 rings (SSSR count). The van der Waals surface area contributed by atoms with Crippen LogP contribution in [0.1, 0.15) is 48.3 Å². The molecule has 126 valence electrons. The second-order valence-corrected chi connectivity index (χ2v) is 6.64. The van der Waals surface area contributed by atoms with Crippen molar-refractivity contribution >= 4 is 5.91 Å². The monoisotopic (exact) mass is 326 g/mol. The Morgan fingerprint density at radius 2 is 2.00 bits per heavy atom. The second kappa shape index (κ2) is 6.63. The quantitative estimate of drug-likeness (QED) is 0.936. The molecule has 0 unspecified atom stereocenters. The Morgan fingerprint density at radius 1 is 1.21 bits per heavy atom. The number of nitrogens with zero attached hydrogens (tertiary/aromatic N) is 3. The molecule has 0 spiro atoms. The van der Waals surface area contributed by atoms with Gasteiger partial charge in [0.05, 0.1) is 6.54 Å². The highest BCUT2D eigenvalue weighted by molar-refractivity contribution is 5.92. The number of carbonyl (C=O) groups excluding carboxylic acids is 1. The molecule has 2 aliphatic rings. The molecule has 2 aromatic heterocycles. The second-order valence-electron chi connectivity index (χ2n) is 6.64. The van der Waals surface area contributed by atoms with Crippen LogP contribution in [-0.4, -0.2) is 32.8 Å². The van der Waals surface area contributed by atoms with Crippen molar-refractivity contribution in [2.24, 2.45) is 0 Å². The van der Waals surface area contributed by atoms with Gasteiger partial charge in [-0.05, 0) is 31.0 Å². The van der Waals surface area contributed by atoms with Crippen molar-refractivity contribution in [1.82, 2.24) is 20.1 Å². The molecule has 1 saturated carbocycles. The summed E-state index contributed by atoms with van der Waals surface area (Å²) in [6, 6.07) is 5.91. The average Bonchev–Trinajstić information content (AvgIpc) is 3.15. The maximum absolute atomic E-state index is 12.4. The Hall–Kier alpha value is -2.37. The van der Waals surface area contributed by atoms with Crippen molar-refractivity contribution in [2.45, 2.75) is 57.2 Å². The fraction of sp³-hybridized carbons (Fsp3) is 0.500. The molecule has 1 amide bonds. The molecule has 1 N–H and O–H groups in total. The molecule has 24 heavy (non-hydrogen) atoms. The molecule has 1 atom stereocenters. The lowest BCUT2D eigenvalue weighted by molar-refractivity contribution is 0.0921. The highest BCUT2D eigenvalue weighted by Gasteiger charge is 2.27. The zero-order chi connectivity index (χ0) is 16.4. The van der Waals surface area contributed by atoms with E-state index in [4.69, 9.17) is 4.74 Å². The van der Waals surface area contributed by atoms with Crippen LogP contribution in [0.5, 0.6) is 5.75 Å². The van der Waals surface area contributed by atoms with Gasteiger partial charge in [0.15, 0.2) is 0 Å². The van der Waals surface area contributed by atoms with Crippen LogP contribution in [0.25, 0.3) is 0 Å². The summed E-state index contributed by atoms with van der Waals surface area (Å²) in [5.74, 6) is 0.770. The molecule has 3 heterocycles. The third-order valence-electron chi connectivity index (χ3n) is 4.80. The fourth-order valence-corrected chi connectivity index (χ4v) is 3.57. The summed E-state index contributed by atoms with van der Waals surface area (Å²) in [5.41, 5.74) is 1.58. The van der Waals surface area contributed by atoms with Gasteiger partial charge in [-0.3, -0.25) is 14.5 Å². The molecule has 0 saturated heterocycles. The first-order valence-corrected chi connectivity index (χ1v) is 8.72. The number of carbonyl (C=O) groups is 1. The molecular formula is C18H22N4O2. The number of amides is 1. The summed E-state index contributed by atoms with van der Waals surface area (Å²) in [6.45, 7) is 0.675. The molecule has 6 nitrogen and oxygen atoms in total. The number of hydrogen-bond donors (Lipinski definition) is 1. The van der Waals surface area contributed by atoms with Crippen molar-refractivity contribution in [2.75, 3.05) is 0 Å². The first-order chi connectivity index (χ1) is 11.8. The Balaban J connectivity index is 1.35. The molecule has 0 aromatic carbocycles. The Labute approximate surface area is 141 Å². The first-order valence-electron chi connectivity index (χ1n) is 8.72. The lowest BCUT2D eigenvalue weighted by Gasteiger charge is -2.22. The third kappa shape index (κ3) is 3.27. The van der Waals surface area contributed by atoms with Crippen LogP contribution in [0.3, 0.4) is 0 Å². The van der Waals surface area contributed by atoms with Gasteiger partial charge in [0.25, 0.3) is 5.91 Å². The van der Waals surface area contributed by atoms with E-state index in [-0.39, 0.29) is 12.0 Å². The van der Waals surface area contributed by atoms with Crippen LogP contribution >= 0.6 is 0 Å². The van der Waals surface area contributed by atoms with Gasteiger partial charge in [0.1, 0.15) is 17.5 Å². The summed E-state index contributed by atoms with van der Waals surface area (Å²) in [7, 11) is 0. The van der Waals surface area contributed by atoms with E-state index in [9.17, 15) is 4.79 Å². The van der Waals surface area contributed by atoms with Crippen LogP contribution in [0.15, 0.2) is 30.6 Å². The molecule has 1 fully saturated rings. The molecule has 1 aliphatic carbocycles.